The maximum atomic E-state index is 12.1. The lowest BCUT2D eigenvalue weighted by atomic mass is 9.85. The molecule has 1 aromatic carbocycles. The number of nitrogens with zero attached hydrogens (tertiary/aromatic N) is 1. The van der Waals surface area contributed by atoms with Gasteiger partial charge in [0, 0.05) is 5.03 Å². The van der Waals surface area contributed by atoms with Gasteiger partial charge in [0.05, 0.1) is 25.6 Å². The third-order valence-electron chi connectivity index (χ3n) is 6.28. The number of esters is 1. The number of hydrogen-bond donors (Lipinski definition) is 1. The second kappa shape index (κ2) is 14.2. The van der Waals surface area contributed by atoms with Crippen LogP contribution in [0.4, 0.5) is 0 Å². The number of carbonyl (C=O) groups excluding carboxylic acids is 3. The number of likely N-dealkylation sites (tertiary alicyclic amines) is 1. The van der Waals surface area contributed by atoms with Crippen molar-refractivity contribution in [1.82, 2.24) is 10.2 Å². The quantitative estimate of drug-likeness (QED) is 0.255. The average molecular weight is 503 g/mol. The molecule has 0 bridgehead atoms. The Morgan fingerprint density at radius 3 is 2.46 bits per heavy atom. The molecular formula is C28H39ClN2O4. The highest BCUT2D eigenvalue weighted by molar-refractivity contribution is 6.29. The van der Waals surface area contributed by atoms with Crippen LogP contribution in [0.15, 0.2) is 35.4 Å². The first-order chi connectivity index (χ1) is 16.6. The number of benzene rings is 1. The largest absolute Gasteiger partial charge is 0.465 e. The van der Waals surface area contributed by atoms with E-state index in [0.717, 1.165) is 49.1 Å². The van der Waals surface area contributed by atoms with Gasteiger partial charge in [0.15, 0.2) is 0 Å². The summed E-state index contributed by atoms with van der Waals surface area (Å²) >= 11 is 6.06. The zero-order valence-corrected chi connectivity index (χ0v) is 22.4. The van der Waals surface area contributed by atoms with Gasteiger partial charge >= 0.3 is 5.97 Å². The summed E-state index contributed by atoms with van der Waals surface area (Å²) in [6.45, 7) is 11.6. The summed E-state index contributed by atoms with van der Waals surface area (Å²) in [5.41, 5.74) is 4.49. The van der Waals surface area contributed by atoms with Crippen LogP contribution < -0.4 is 5.32 Å². The molecule has 1 aliphatic heterocycles. The zero-order valence-electron chi connectivity index (χ0n) is 21.7. The lowest BCUT2D eigenvalue weighted by Gasteiger charge is -2.31. The van der Waals surface area contributed by atoms with Gasteiger partial charge in [-0.1, -0.05) is 29.8 Å². The molecule has 1 fully saturated rings. The summed E-state index contributed by atoms with van der Waals surface area (Å²) in [5.74, 6) is -0.0419. The van der Waals surface area contributed by atoms with E-state index in [1.54, 1.807) is 0 Å². The van der Waals surface area contributed by atoms with Crippen LogP contribution in [0.1, 0.15) is 76.6 Å². The fourth-order valence-corrected chi connectivity index (χ4v) is 4.45. The van der Waals surface area contributed by atoms with Gasteiger partial charge in [-0.05, 0) is 107 Å². The van der Waals surface area contributed by atoms with Crippen LogP contribution in [0.3, 0.4) is 0 Å². The molecule has 0 aromatic heterocycles. The Hall–Kier alpha value is -2.44. The Morgan fingerprint density at radius 2 is 1.86 bits per heavy atom. The average Bonchev–Trinajstić information content (AvgIpc) is 2.78. The number of ketones is 1. The number of piperidine rings is 1. The van der Waals surface area contributed by atoms with E-state index in [1.807, 2.05) is 32.9 Å². The molecule has 0 radical (unpaired) electrons. The molecule has 1 aliphatic rings. The Labute approximate surface area is 214 Å². The highest BCUT2D eigenvalue weighted by atomic mass is 35.5. The van der Waals surface area contributed by atoms with Crippen molar-refractivity contribution in [2.24, 2.45) is 5.92 Å². The van der Waals surface area contributed by atoms with Crippen LogP contribution in [-0.2, 0) is 25.5 Å². The highest BCUT2D eigenvalue weighted by Crippen LogP contribution is 2.29. The number of carbonyl (C=O) groups is 3. The van der Waals surface area contributed by atoms with Crippen molar-refractivity contribution in [1.29, 1.82) is 0 Å². The van der Waals surface area contributed by atoms with Crippen LogP contribution in [-0.4, -0.2) is 48.8 Å². The zero-order chi connectivity index (χ0) is 26.0. The van der Waals surface area contributed by atoms with E-state index in [0.29, 0.717) is 24.1 Å². The van der Waals surface area contributed by atoms with Crippen molar-refractivity contribution in [3.8, 4) is 0 Å². The Balaban J connectivity index is 2.17. The number of hydrogen-bond acceptors (Lipinski definition) is 5. The minimum absolute atomic E-state index is 0.108. The highest BCUT2D eigenvalue weighted by Gasteiger charge is 2.23. The molecule has 192 valence electrons. The molecule has 0 spiro atoms. The fourth-order valence-electron chi connectivity index (χ4n) is 4.39. The van der Waals surface area contributed by atoms with Crippen LogP contribution in [0.2, 0.25) is 0 Å². The van der Waals surface area contributed by atoms with Crippen LogP contribution in [0.25, 0.3) is 5.57 Å². The second-order valence-electron chi connectivity index (χ2n) is 9.42. The first-order valence-electron chi connectivity index (χ1n) is 12.4. The van der Waals surface area contributed by atoms with E-state index < -0.39 is 0 Å². The van der Waals surface area contributed by atoms with Crippen LogP contribution in [0, 0.1) is 5.92 Å². The van der Waals surface area contributed by atoms with Crippen molar-refractivity contribution in [2.45, 2.75) is 66.3 Å². The van der Waals surface area contributed by atoms with E-state index in [-0.39, 0.29) is 30.1 Å². The summed E-state index contributed by atoms with van der Waals surface area (Å²) in [7, 11) is 0. The van der Waals surface area contributed by atoms with Gasteiger partial charge < -0.3 is 10.1 Å². The van der Waals surface area contributed by atoms with Gasteiger partial charge in [-0.15, -0.1) is 0 Å². The predicted octanol–water partition coefficient (Wildman–Crippen LogP) is 5.21. The summed E-state index contributed by atoms with van der Waals surface area (Å²) in [4.78, 5) is 37.3. The SMILES string of the molecule is CCOC(=O)CN1CCC(Cc2ccc(C(C)NC(=O)CC(C)=O)cc2/C(C)=C/C=C(\C)Cl)CC1. The van der Waals surface area contributed by atoms with Gasteiger partial charge in [-0.3, -0.25) is 19.3 Å². The van der Waals surface area contributed by atoms with E-state index in [1.165, 1.54) is 12.5 Å². The molecule has 7 heteroatoms. The van der Waals surface area contributed by atoms with Crippen LogP contribution in [0.5, 0.6) is 0 Å². The monoisotopic (exact) mass is 502 g/mol. The number of amides is 1. The van der Waals surface area contributed by atoms with Gasteiger partial charge in [0.25, 0.3) is 0 Å². The number of Topliss-reactive ketones (excluding diaryl/α,β-unsaturated/α-hetero) is 1. The van der Waals surface area contributed by atoms with E-state index in [9.17, 15) is 14.4 Å². The number of halogens is 1. The Morgan fingerprint density at radius 1 is 1.17 bits per heavy atom. The van der Waals surface area contributed by atoms with Crippen molar-refractivity contribution >= 4 is 34.8 Å². The molecule has 1 unspecified atom stereocenters. The predicted molar refractivity (Wildman–Crippen MR) is 141 cm³/mol. The van der Waals surface area contributed by atoms with Gasteiger partial charge in [0.2, 0.25) is 5.91 Å². The van der Waals surface area contributed by atoms with Gasteiger partial charge in [-0.2, -0.15) is 0 Å². The maximum absolute atomic E-state index is 12.1. The minimum atomic E-state index is -0.266. The number of allylic oxidation sites excluding steroid dienone is 4. The molecular weight excluding hydrogens is 464 g/mol. The topological polar surface area (TPSA) is 75.7 Å². The van der Waals surface area contributed by atoms with Crippen molar-refractivity contribution < 1.29 is 19.1 Å². The van der Waals surface area contributed by atoms with E-state index in [2.05, 4.69) is 35.3 Å². The normalized spacial score (nSPS) is 16.6. The smallest absolute Gasteiger partial charge is 0.320 e. The van der Waals surface area contributed by atoms with Crippen LogP contribution >= 0.6 is 11.6 Å². The molecule has 1 N–H and O–H groups in total. The molecule has 6 nitrogen and oxygen atoms in total. The first kappa shape index (κ1) is 28.8. The van der Waals surface area contributed by atoms with E-state index >= 15 is 0 Å². The Kier molecular flexibility index (Phi) is 11.7. The molecule has 35 heavy (non-hydrogen) atoms. The fraction of sp³-hybridized carbons (Fsp3) is 0.536. The molecule has 1 aromatic rings. The molecule has 1 heterocycles. The van der Waals surface area contributed by atoms with Crippen molar-refractivity contribution in [3.05, 3.63) is 52.1 Å². The van der Waals surface area contributed by atoms with Crippen molar-refractivity contribution in [3.63, 3.8) is 0 Å². The minimum Gasteiger partial charge on any atom is -0.465 e. The lowest BCUT2D eigenvalue weighted by molar-refractivity contribution is -0.144. The molecule has 0 aliphatic carbocycles. The van der Waals surface area contributed by atoms with Crippen molar-refractivity contribution in [2.75, 3.05) is 26.2 Å². The maximum Gasteiger partial charge on any atom is 0.320 e. The number of rotatable bonds is 11. The molecule has 2 rings (SSSR count). The molecule has 1 atom stereocenters. The second-order valence-corrected chi connectivity index (χ2v) is 10.0. The summed E-state index contributed by atoms with van der Waals surface area (Å²) in [5, 5.41) is 3.63. The van der Waals surface area contributed by atoms with Gasteiger partial charge in [0.1, 0.15) is 5.78 Å². The lowest BCUT2D eigenvalue weighted by Crippen LogP contribution is -2.38. The summed E-state index contributed by atoms with van der Waals surface area (Å²) < 4.78 is 5.08. The molecule has 1 amide bonds. The number of ether oxygens (including phenoxy) is 1. The molecule has 1 saturated heterocycles. The summed E-state index contributed by atoms with van der Waals surface area (Å²) in [6.07, 6.45) is 6.81. The number of nitrogens with one attached hydrogen (secondary N) is 1. The Bertz CT molecular complexity index is 958. The summed E-state index contributed by atoms with van der Waals surface area (Å²) in [6, 6.07) is 6.13. The molecule has 0 saturated carbocycles. The van der Waals surface area contributed by atoms with Gasteiger partial charge in [-0.25, -0.2) is 0 Å². The standard InChI is InChI=1S/C28H39ClN2O4/c1-6-35-28(34)18-31-13-11-23(12-14-31)16-25-10-9-24(22(5)30-27(33)15-21(4)32)17-26(25)19(2)7-8-20(3)29/h7-10,17,22-23H,6,11-16,18H2,1-5H3,(H,30,33)/b19-7+,20-8+. The van der Waals surface area contributed by atoms with E-state index in [4.69, 9.17) is 16.3 Å². The third kappa shape index (κ3) is 9.98. The third-order valence-corrected chi connectivity index (χ3v) is 6.41. The first-order valence-corrected chi connectivity index (χ1v) is 12.8.